The van der Waals surface area contributed by atoms with Gasteiger partial charge in [0.25, 0.3) is 0 Å². The van der Waals surface area contributed by atoms with Crippen molar-refractivity contribution in [2.24, 2.45) is 0 Å². The number of H-pyrrole nitrogens is 1. The molecular weight excluding hydrogens is 318 g/mol. The molecule has 1 aliphatic carbocycles. The van der Waals surface area contributed by atoms with Crippen molar-refractivity contribution in [3.8, 4) is 17.4 Å². The second kappa shape index (κ2) is 6.68. The van der Waals surface area contributed by atoms with Crippen LogP contribution in [0.4, 0.5) is 5.95 Å². The maximum Gasteiger partial charge on any atom is 0.319 e. The molecule has 4 rings (SSSR count). The summed E-state index contributed by atoms with van der Waals surface area (Å²) in [4.78, 5) is 17.9. The molecule has 7 nitrogen and oxygen atoms in total. The van der Waals surface area contributed by atoms with E-state index in [4.69, 9.17) is 0 Å². The number of hydrogen-bond donors (Lipinski definition) is 3. The minimum atomic E-state index is -0.296. The number of anilines is 1. The van der Waals surface area contributed by atoms with Gasteiger partial charge in [-0.15, -0.1) is 0 Å². The number of nitrogens with zero attached hydrogens (tertiary/aromatic N) is 4. The van der Waals surface area contributed by atoms with Crippen LogP contribution in [0.1, 0.15) is 25.7 Å². The summed E-state index contributed by atoms with van der Waals surface area (Å²) < 4.78 is 0. The lowest BCUT2D eigenvalue weighted by Crippen LogP contribution is -2.37. The standard InChI is InChI=1S/C18H21N5O2/c24-10-9-23(14-3-1-2-4-14)17-20-16(21-18(25)22-17)13-5-6-15-12(11-13)7-8-19-15/h5-8,11,14,19,24H,1-4,9-10H2,(H,20,21,22,25). The summed E-state index contributed by atoms with van der Waals surface area (Å²) in [5.74, 6) is 0.865. The number of aromatic nitrogens is 4. The van der Waals surface area contributed by atoms with E-state index in [2.05, 4.69) is 19.9 Å². The molecule has 1 aromatic carbocycles. The molecule has 0 saturated heterocycles. The molecule has 2 aromatic heterocycles. The summed E-state index contributed by atoms with van der Waals surface area (Å²) in [5.41, 5.74) is 1.86. The van der Waals surface area contributed by atoms with Crippen LogP contribution >= 0.6 is 0 Å². The SMILES string of the molecule is OCCN(c1nc(O)nc(-c2ccc3[nH]ccc3c2)n1)C1CCCC1. The molecule has 0 unspecified atom stereocenters. The monoisotopic (exact) mass is 339 g/mol. The van der Waals surface area contributed by atoms with Crippen LogP contribution in [0.3, 0.4) is 0 Å². The van der Waals surface area contributed by atoms with Crippen molar-refractivity contribution in [1.82, 2.24) is 19.9 Å². The van der Waals surface area contributed by atoms with Gasteiger partial charge < -0.3 is 20.1 Å². The largest absolute Gasteiger partial charge is 0.479 e. The average molecular weight is 339 g/mol. The molecule has 1 fully saturated rings. The van der Waals surface area contributed by atoms with Gasteiger partial charge in [0.15, 0.2) is 5.82 Å². The zero-order valence-electron chi connectivity index (χ0n) is 13.9. The Morgan fingerprint density at radius 1 is 1.12 bits per heavy atom. The molecule has 0 aliphatic heterocycles. The van der Waals surface area contributed by atoms with Gasteiger partial charge in [0.1, 0.15) is 0 Å². The second-order valence-electron chi connectivity index (χ2n) is 6.39. The van der Waals surface area contributed by atoms with E-state index in [0.717, 1.165) is 29.3 Å². The normalized spacial score (nSPS) is 15.1. The first kappa shape index (κ1) is 15.8. The van der Waals surface area contributed by atoms with E-state index in [9.17, 15) is 10.2 Å². The number of rotatable bonds is 5. The maximum absolute atomic E-state index is 10.0. The topological polar surface area (TPSA) is 98.2 Å². The van der Waals surface area contributed by atoms with Crippen molar-refractivity contribution >= 4 is 16.9 Å². The van der Waals surface area contributed by atoms with Gasteiger partial charge in [-0.2, -0.15) is 15.0 Å². The Hall–Kier alpha value is -2.67. The smallest absolute Gasteiger partial charge is 0.319 e. The van der Waals surface area contributed by atoms with Crippen molar-refractivity contribution in [1.29, 1.82) is 0 Å². The van der Waals surface area contributed by atoms with Crippen molar-refractivity contribution < 1.29 is 10.2 Å². The Balaban J connectivity index is 1.73. The molecule has 130 valence electrons. The van der Waals surface area contributed by atoms with E-state index < -0.39 is 0 Å². The van der Waals surface area contributed by atoms with Gasteiger partial charge in [0, 0.05) is 35.2 Å². The number of aromatic hydroxyl groups is 1. The Morgan fingerprint density at radius 3 is 2.76 bits per heavy atom. The quantitative estimate of drug-likeness (QED) is 0.660. The van der Waals surface area contributed by atoms with Crippen LogP contribution in [-0.4, -0.2) is 49.3 Å². The molecule has 0 spiro atoms. The van der Waals surface area contributed by atoms with Gasteiger partial charge in [-0.1, -0.05) is 12.8 Å². The Morgan fingerprint density at radius 2 is 1.96 bits per heavy atom. The molecule has 0 bridgehead atoms. The predicted octanol–water partition coefficient (Wildman–Crippen LogP) is 2.47. The third-order valence-corrected chi connectivity index (χ3v) is 4.79. The van der Waals surface area contributed by atoms with Crippen molar-refractivity contribution in [2.75, 3.05) is 18.1 Å². The zero-order chi connectivity index (χ0) is 17.2. The molecule has 1 aliphatic rings. The zero-order valence-corrected chi connectivity index (χ0v) is 13.9. The predicted molar refractivity (Wildman–Crippen MR) is 95.5 cm³/mol. The summed E-state index contributed by atoms with van der Waals surface area (Å²) in [6, 6.07) is 7.86. The number of fused-ring (bicyclic) bond motifs is 1. The van der Waals surface area contributed by atoms with Crippen molar-refractivity contribution in [3.05, 3.63) is 30.5 Å². The van der Waals surface area contributed by atoms with Crippen molar-refractivity contribution in [3.63, 3.8) is 0 Å². The number of benzene rings is 1. The third kappa shape index (κ3) is 3.15. The van der Waals surface area contributed by atoms with Crippen LogP contribution in [-0.2, 0) is 0 Å². The molecule has 1 saturated carbocycles. The van der Waals surface area contributed by atoms with Crippen molar-refractivity contribution in [2.45, 2.75) is 31.7 Å². The fourth-order valence-electron chi connectivity index (χ4n) is 3.57. The first-order valence-corrected chi connectivity index (χ1v) is 8.64. The highest BCUT2D eigenvalue weighted by atomic mass is 16.3. The lowest BCUT2D eigenvalue weighted by Gasteiger charge is -2.28. The summed E-state index contributed by atoms with van der Waals surface area (Å²) in [6.45, 7) is 0.470. The number of nitrogens with one attached hydrogen (secondary N) is 1. The van der Waals surface area contributed by atoms with Crippen LogP contribution < -0.4 is 4.90 Å². The molecule has 3 aromatic rings. The summed E-state index contributed by atoms with van der Waals surface area (Å²) >= 11 is 0. The minimum absolute atomic E-state index is 0.0214. The molecule has 0 amide bonds. The van der Waals surface area contributed by atoms with Gasteiger partial charge in [0.2, 0.25) is 5.95 Å². The Bertz CT molecular complexity index is 873. The fraction of sp³-hybridized carbons (Fsp3) is 0.389. The average Bonchev–Trinajstić information content (AvgIpc) is 3.29. The van der Waals surface area contributed by atoms with Crippen LogP contribution in [0, 0.1) is 0 Å². The fourth-order valence-corrected chi connectivity index (χ4v) is 3.57. The van der Waals surface area contributed by atoms with Crippen LogP contribution in [0.5, 0.6) is 6.01 Å². The molecule has 25 heavy (non-hydrogen) atoms. The highest BCUT2D eigenvalue weighted by Crippen LogP contribution is 2.29. The maximum atomic E-state index is 10.0. The second-order valence-corrected chi connectivity index (χ2v) is 6.39. The third-order valence-electron chi connectivity index (χ3n) is 4.79. The van der Waals surface area contributed by atoms with Crippen LogP contribution in [0.25, 0.3) is 22.3 Å². The number of aliphatic hydroxyl groups excluding tert-OH is 1. The number of aliphatic hydroxyl groups is 1. The Labute approximate surface area is 145 Å². The first-order chi connectivity index (χ1) is 12.2. The van der Waals surface area contributed by atoms with E-state index in [1.807, 2.05) is 35.4 Å². The highest BCUT2D eigenvalue weighted by molar-refractivity contribution is 5.83. The molecule has 2 heterocycles. The van der Waals surface area contributed by atoms with E-state index in [1.54, 1.807) is 0 Å². The lowest BCUT2D eigenvalue weighted by molar-refractivity contribution is 0.296. The molecule has 3 N–H and O–H groups in total. The van der Waals surface area contributed by atoms with Crippen LogP contribution in [0.15, 0.2) is 30.5 Å². The highest BCUT2D eigenvalue weighted by Gasteiger charge is 2.25. The number of hydrogen-bond acceptors (Lipinski definition) is 6. The summed E-state index contributed by atoms with van der Waals surface area (Å²) in [6.07, 6.45) is 6.32. The molecular formula is C18H21N5O2. The minimum Gasteiger partial charge on any atom is -0.479 e. The van der Waals surface area contributed by atoms with E-state index in [-0.39, 0.29) is 12.6 Å². The lowest BCUT2D eigenvalue weighted by atomic mass is 10.1. The Kier molecular flexibility index (Phi) is 4.23. The molecule has 7 heteroatoms. The number of aromatic amines is 1. The van der Waals surface area contributed by atoms with E-state index in [1.165, 1.54) is 12.8 Å². The van der Waals surface area contributed by atoms with Gasteiger partial charge in [0.05, 0.1) is 6.61 Å². The van der Waals surface area contributed by atoms with Crippen LogP contribution in [0.2, 0.25) is 0 Å². The molecule has 0 radical (unpaired) electrons. The van der Waals surface area contributed by atoms with Gasteiger partial charge in [-0.3, -0.25) is 0 Å². The van der Waals surface area contributed by atoms with E-state index >= 15 is 0 Å². The summed E-state index contributed by atoms with van der Waals surface area (Å²) in [7, 11) is 0. The molecule has 0 atom stereocenters. The first-order valence-electron chi connectivity index (χ1n) is 8.64. The van der Waals surface area contributed by atoms with Gasteiger partial charge in [-0.05, 0) is 37.1 Å². The van der Waals surface area contributed by atoms with Gasteiger partial charge >= 0.3 is 6.01 Å². The van der Waals surface area contributed by atoms with E-state index in [0.29, 0.717) is 24.4 Å². The van der Waals surface area contributed by atoms with Gasteiger partial charge in [-0.25, -0.2) is 0 Å². The summed E-state index contributed by atoms with van der Waals surface area (Å²) in [5, 5.41) is 20.5.